The van der Waals surface area contributed by atoms with Crippen LogP contribution in [-0.4, -0.2) is 20.3 Å². The van der Waals surface area contributed by atoms with Crippen molar-refractivity contribution in [2.45, 2.75) is 19.6 Å². The first-order valence-corrected chi connectivity index (χ1v) is 8.08. The smallest absolute Gasteiger partial charge is 0.344 e. The van der Waals surface area contributed by atoms with E-state index in [4.69, 9.17) is 0 Å². The summed E-state index contributed by atoms with van der Waals surface area (Å²) >= 11 is 0. The van der Waals surface area contributed by atoms with E-state index < -0.39 is 23.6 Å². The molecule has 27 heavy (non-hydrogen) atoms. The van der Waals surface area contributed by atoms with E-state index in [1.54, 1.807) is 22.9 Å². The van der Waals surface area contributed by atoms with Gasteiger partial charge in [-0.25, -0.2) is 4.39 Å². The highest BCUT2D eigenvalue weighted by Gasteiger charge is 2.35. The lowest BCUT2D eigenvalue weighted by Gasteiger charge is -2.10. The molecule has 0 unspecified atom stereocenters. The Hall–Kier alpha value is -3.10. The van der Waals surface area contributed by atoms with Crippen molar-refractivity contribution in [3.05, 3.63) is 59.8 Å². The minimum atomic E-state index is -4.62. The van der Waals surface area contributed by atoms with E-state index in [1.807, 2.05) is 6.92 Å². The number of rotatable bonds is 4. The second kappa shape index (κ2) is 6.90. The fraction of sp³-hybridized carbons (Fsp3) is 0.222. The molecule has 0 aliphatic carbocycles. The number of benzene rings is 1. The van der Waals surface area contributed by atoms with E-state index in [-0.39, 0.29) is 16.9 Å². The van der Waals surface area contributed by atoms with E-state index in [1.165, 1.54) is 19.2 Å². The molecular weight excluding hydrogens is 364 g/mol. The summed E-state index contributed by atoms with van der Waals surface area (Å²) in [5.74, 6) is -1.18. The average Bonchev–Trinajstić information content (AvgIpc) is 3.21. The number of aromatic nitrogens is 3. The fourth-order valence-corrected chi connectivity index (χ4v) is 2.75. The Morgan fingerprint density at radius 1 is 1.22 bits per heavy atom. The molecule has 0 bridgehead atoms. The van der Waals surface area contributed by atoms with Gasteiger partial charge in [0.1, 0.15) is 11.5 Å². The summed E-state index contributed by atoms with van der Waals surface area (Å²) in [5, 5.41) is 5.96. The number of alkyl halides is 3. The van der Waals surface area contributed by atoms with Crippen LogP contribution < -0.4 is 5.32 Å². The number of halogens is 4. The number of hydrogen-bond donors (Lipinski definition) is 1. The van der Waals surface area contributed by atoms with Crippen molar-refractivity contribution in [2.75, 3.05) is 5.32 Å². The maximum Gasteiger partial charge on any atom is 0.435 e. The lowest BCUT2D eigenvalue weighted by Crippen LogP contribution is -2.16. The third-order valence-electron chi connectivity index (χ3n) is 4.08. The van der Waals surface area contributed by atoms with Crippen LogP contribution in [0.4, 0.5) is 23.2 Å². The van der Waals surface area contributed by atoms with Gasteiger partial charge in [0.2, 0.25) is 0 Å². The minimum absolute atomic E-state index is 0.0161. The molecule has 3 rings (SSSR count). The molecule has 2 aromatic heterocycles. The van der Waals surface area contributed by atoms with Crippen molar-refractivity contribution in [3.8, 4) is 11.3 Å². The average molecular weight is 380 g/mol. The molecule has 1 amide bonds. The van der Waals surface area contributed by atoms with E-state index in [0.717, 1.165) is 16.8 Å². The largest absolute Gasteiger partial charge is 0.435 e. The standard InChI is InChI=1S/C18H16F4N4O/c1-3-26-8-4-5-14(26)17(27)23-11-6-7-12(13(19)9-11)15-10-16(18(20,21)22)24-25(15)2/h4-10H,3H2,1-2H3,(H,23,27). The molecule has 9 heteroatoms. The molecule has 0 radical (unpaired) electrons. The summed E-state index contributed by atoms with van der Waals surface area (Å²) in [6, 6.07) is 7.94. The molecule has 1 aromatic carbocycles. The zero-order valence-electron chi connectivity index (χ0n) is 14.5. The van der Waals surface area contributed by atoms with Gasteiger partial charge < -0.3 is 9.88 Å². The molecule has 0 saturated heterocycles. The van der Waals surface area contributed by atoms with Crippen LogP contribution in [-0.2, 0) is 19.8 Å². The predicted molar refractivity (Wildman–Crippen MR) is 91.7 cm³/mol. The SMILES string of the molecule is CCn1cccc1C(=O)Nc1ccc(-c2cc(C(F)(F)F)nn2C)c(F)c1. The Bertz CT molecular complexity index is 988. The number of nitrogens with one attached hydrogen (secondary N) is 1. The van der Waals surface area contributed by atoms with Crippen LogP contribution >= 0.6 is 0 Å². The number of nitrogens with zero attached hydrogens (tertiary/aromatic N) is 3. The van der Waals surface area contributed by atoms with Gasteiger partial charge in [0, 0.05) is 31.0 Å². The number of carbonyl (C=O) groups excluding carboxylic acids is 1. The first-order chi connectivity index (χ1) is 12.7. The highest BCUT2D eigenvalue weighted by Crippen LogP contribution is 2.32. The van der Waals surface area contributed by atoms with Gasteiger partial charge in [0.25, 0.3) is 5.91 Å². The normalized spacial score (nSPS) is 11.6. The van der Waals surface area contributed by atoms with Gasteiger partial charge in [-0.2, -0.15) is 18.3 Å². The second-order valence-electron chi connectivity index (χ2n) is 5.86. The first-order valence-electron chi connectivity index (χ1n) is 8.08. The Balaban J connectivity index is 1.86. The van der Waals surface area contributed by atoms with Crippen molar-refractivity contribution >= 4 is 11.6 Å². The lowest BCUT2D eigenvalue weighted by molar-refractivity contribution is -0.141. The Kier molecular flexibility index (Phi) is 4.77. The van der Waals surface area contributed by atoms with Crippen molar-refractivity contribution in [3.63, 3.8) is 0 Å². The van der Waals surface area contributed by atoms with E-state index in [0.29, 0.717) is 12.2 Å². The summed E-state index contributed by atoms with van der Waals surface area (Å²) in [6.07, 6.45) is -2.87. The maximum absolute atomic E-state index is 14.5. The fourth-order valence-electron chi connectivity index (χ4n) is 2.75. The van der Waals surface area contributed by atoms with Crippen LogP contribution in [0.25, 0.3) is 11.3 Å². The summed E-state index contributed by atoms with van der Waals surface area (Å²) in [5.41, 5.74) is -0.545. The molecule has 2 heterocycles. The minimum Gasteiger partial charge on any atom is -0.344 e. The summed E-state index contributed by atoms with van der Waals surface area (Å²) in [4.78, 5) is 12.3. The van der Waals surface area contributed by atoms with Gasteiger partial charge in [-0.1, -0.05) is 0 Å². The Morgan fingerprint density at radius 3 is 2.56 bits per heavy atom. The topological polar surface area (TPSA) is 51.9 Å². The molecule has 0 fully saturated rings. The third-order valence-corrected chi connectivity index (χ3v) is 4.08. The predicted octanol–water partition coefficient (Wildman–Crippen LogP) is 4.32. The van der Waals surface area contributed by atoms with Crippen LogP contribution in [0.1, 0.15) is 23.1 Å². The first kappa shape index (κ1) is 18.7. The van der Waals surface area contributed by atoms with Crippen molar-refractivity contribution in [1.29, 1.82) is 0 Å². The summed E-state index contributed by atoms with van der Waals surface area (Å²) in [7, 11) is 1.30. The molecule has 5 nitrogen and oxygen atoms in total. The molecule has 1 N–H and O–H groups in total. The van der Waals surface area contributed by atoms with E-state index >= 15 is 0 Å². The van der Waals surface area contributed by atoms with Gasteiger partial charge in [0.05, 0.1) is 5.69 Å². The van der Waals surface area contributed by atoms with Crippen LogP contribution in [0.2, 0.25) is 0 Å². The van der Waals surface area contributed by atoms with Crippen molar-refractivity contribution < 1.29 is 22.4 Å². The summed E-state index contributed by atoms with van der Waals surface area (Å²) in [6.45, 7) is 2.49. The van der Waals surface area contributed by atoms with Crippen LogP contribution in [0.5, 0.6) is 0 Å². The molecule has 0 spiro atoms. The Labute approximate surface area is 152 Å². The number of hydrogen-bond acceptors (Lipinski definition) is 2. The highest BCUT2D eigenvalue weighted by atomic mass is 19.4. The quantitative estimate of drug-likeness (QED) is 0.686. The van der Waals surface area contributed by atoms with Crippen molar-refractivity contribution in [2.24, 2.45) is 7.05 Å². The molecule has 0 aliphatic rings. The Morgan fingerprint density at radius 2 is 1.96 bits per heavy atom. The molecule has 0 saturated carbocycles. The monoisotopic (exact) mass is 380 g/mol. The highest BCUT2D eigenvalue weighted by molar-refractivity contribution is 6.03. The van der Waals surface area contributed by atoms with Crippen molar-refractivity contribution in [1.82, 2.24) is 14.3 Å². The number of amides is 1. The van der Waals surface area contributed by atoms with E-state index in [2.05, 4.69) is 10.4 Å². The second-order valence-corrected chi connectivity index (χ2v) is 5.86. The molecule has 0 atom stereocenters. The molecule has 3 aromatic rings. The van der Waals surface area contributed by atoms with Gasteiger partial charge in [-0.3, -0.25) is 9.48 Å². The maximum atomic E-state index is 14.5. The van der Waals surface area contributed by atoms with Gasteiger partial charge in [0.15, 0.2) is 5.69 Å². The van der Waals surface area contributed by atoms with Gasteiger partial charge in [-0.05, 0) is 43.3 Å². The zero-order chi connectivity index (χ0) is 19.8. The third kappa shape index (κ3) is 3.71. The molecular formula is C18H16F4N4O. The van der Waals surface area contributed by atoms with Crippen LogP contribution in [0, 0.1) is 5.82 Å². The van der Waals surface area contributed by atoms with E-state index in [9.17, 15) is 22.4 Å². The molecule has 142 valence electrons. The van der Waals surface area contributed by atoms with Crippen LogP contribution in [0.15, 0.2) is 42.6 Å². The van der Waals surface area contributed by atoms with Gasteiger partial charge in [-0.15, -0.1) is 0 Å². The number of anilines is 1. The molecule has 0 aliphatic heterocycles. The number of carbonyl (C=O) groups is 1. The van der Waals surface area contributed by atoms with Gasteiger partial charge >= 0.3 is 6.18 Å². The van der Waals surface area contributed by atoms with Crippen LogP contribution in [0.3, 0.4) is 0 Å². The number of aryl methyl sites for hydroxylation is 2. The lowest BCUT2D eigenvalue weighted by atomic mass is 10.1. The summed E-state index contributed by atoms with van der Waals surface area (Å²) < 4.78 is 55.5. The zero-order valence-corrected chi connectivity index (χ0v) is 14.5.